The molecule has 0 aromatic carbocycles. The van der Waals surface area contributed by atoms with E-state index in [0.717, 1.165) is 24.4 Å². The van der Waals surface area contributed by atoms with Gasteiger partial charge in [-0.25, -0.2) is 4.79 Å². The summed E-state index contributed by atoms with van der Waals surface area (Å²) in [4.78, 5) is 11.7. The third kappa shape index (κ3) is 3.32. The van der Waals surface area contributed by atoms with Gasteiger partial charge in [-0.3, -0.25) is 0 Å². The molecule has 0 aliphatic heterocycles. The molecule has 0 radical (unpaired) electrons. The predicted octanol–water partition coefficient (Wildman–Crippen LogP) is 2.75. The topological polar surface area (TPSA) is 39.2 Å². The first-order chi connectivity index (χ1) is 6.24. The molecule has 3 nitrogen and oxygen atoms in total. The third-order valence-electron chi connectivity index (χ3n) is 1.41. The van der Waals surface area contributed by atoms with Gasteiger partial charge < -0.3 is 4.74 Å². The summed E-state index contributed by atoms with van der Waals surface area (Å²) in [6.45, 7) is 2.50. The molecule has 0 N–H and O–H groups in total. The maximum absolute atomic E-state index is 11.2. The number of ether oxygens (including phenoxy) is 1. The first kappa shape index (κ1) is 10.5. The van der Waals surface area contributed by atoms with Gasteiger partial charge >= 0.3 is 5.97 Å². The van der Waals surface area contributed by atoms with Crippen LogP contribution in [0.1, 0.15) is 29.4 Å². The maximum atomic E-state index is 11.2. The second kappa shape index (κ2) is 5.19. The molecule has 0 saturated carbocycles. The average Bonchev–Trinajstić information content (AvgIpc) is 2.52. The van der Waals surface area contributed by atoms with Crippen LogP contribution in [-0.2, 0) is 4.74 Å². The molecule has 0 aliphatic rings. The minimum atomic E-state index is -0.335. The van der Waals surface area contributed by atoms with Crippen molar-refractivity contribution in [2.24, 2.45) is 0 Å². The van der Waals surface area contributed by atoms with Crippen LogP contribution in [0.2, 0.25) is 5.15 Å². The highest BCUT2D eigenvalue weighted by Crippen LogP contribution is 2.15. The second-order valence-corrected chi connectivity index (χ2v) is 3.70. The minimum Gasteiger partial charge on any atom is -0.461 e. The Labute approximate surface area is 85.8 Å². The van der Waals surface area contributed by atoms with E-state index >= 15 is 0 Å². The van der Waals surface area contributed by atoms with Crippen molar-refractivity contribution in [2.75, 3.05) is 6.61 Å². The molecule has 5 heteroatoms. The molecule has 0 saturated heterocycles. The molecule has 0 bridgehead atoms. The van der Waals surface area contributed by atoms with Gasteiger partial charge in [0.1, 0.15) is 10.0 Å². The summed E-state index contributed by atoms with van der Waals surface area (Å²) in [5, 5.41) is 0.340. The van der Waals surface area contributed by atoms with Gasteiger partial charge in [-0.2, -0.15) is 4.37 Å². The van der Waals surface area contributed by atoms with E-state index in [1.54, 1.807) is 0 Å². The number of unbranched alkanes of at least 4 members (excludes halogenated alkanes) is 1. The number of carbonyl (C=O) groups excluding carboxylic acids is 1. The Balaban J connectivity index is 2.40. The van der Waals surface area contributed by atoms with Crippen LogP contribution in [0.5, 0.6) is 0 Å². The monoisotopic (exact) mass is 219 g/mol. The van der Waals surface area contributed by atoms with Crippen LogP contribution < -0.4 is 0 Å². The van der Waals surface area contributed by atoms with Crippen molar-refractivity contribution >= 4 is 29.1 Å². The van der Waals surface area contributed by atoms with Gasteiger partial charge in [0, 0.05) is 6.07 Å². The molecule has 72 valence electrons. The molecule has 0 atom stereocenters. The average molecular weight is 220 g/mol. The Morgan fingerprint density at radius 2 is 2.54 bits per heavy atom. The second-order valence-electron chi connectivity index (χ2n) is 2.50. The van der Waals surface area contributed by atoms with Crippen molar-refractivity contribution in [1.82, 2.24) is 4.37 Å². The van der Waals surface area contributed by atoms with Crippen molar-refractivity contribution in [3.63, 3.8) is 0 Å². The van der Waals surface area contributed by atoms with Crippen molar-refractivity contribution in [2.45, 2.75) is 19.8 Å². The van der Waals surface area contributed by atoms with Gasteiger partial charge in [-0.1, -0.05) is 24.9 Å². The number of hydrogen-bond donors (Lipinski definition) is 0. The quantitative estimate of drug-likeness (QED) is 0.578. The molecule has 0 amide bonds. The zero-order chi connectivity index (χ0) is 9.68. The number of aromatic nitrogens is 1. The smallest absolute Gasteiger partial charge is 0.350 e. The SMILES string of the molecule is CCCCOC(=O)c1cc(Cl)ns1. The summed E-state index contributed by atoms with van der Waals surface area (Å²) in [5.41, 5.74) is 0. The highest BCUT2D eigenvalue weighted by molar-refractivity contribution is 7.08. The lowest BCUT2D eigenvalue weighted by molar-refractivity contribution is 0.0505. The van der Waals surface area contributed by atoms with Gasteiger partial charge in [-0.15, -0.1) is 0 Å². The van der Waals surface area contributed by atoms with E-state index in [4.69, 9.17) is 16.3 Å². The first-order valence-corrected chi connectivity index (χ1v) is 5.18. The zero-order valence-corrected chi connectivity index (χ0v) is 8.82. The van der Waals surface area contributed by atoms with Crippen molar-refractivity contribution in [3.05, 3.63) is 16.1 Å². The molecule has 1 heterocycles. The Hall–Kier alpha value is -0.610. The fraction of sp³-hybridized carbons (Fsp3) is 0.500. The van der Waals surface area contributed by atoms with E-state index < -0.39 is 0 Å². The molecular formula is C8H10ClNO2S. The van der Waals surface area contributed by atoms with E-state index in [-0.39, 0.29) is 5.97 Å². The lowest BCUT2D eigenvalue weighted by Crippen LogP contribution is -2.03. The van der Waals surface area contributed by atoms with Gasteiger partial charge in [0.2, 0.25) is 0 Å². The standard InChI is InChI=1S/C8H10ClNO2S/c1-2-3-4-12-8(11)6-5-7(9)10-13-6/h5H,2-4H2,1H3. The van der Waals surface area contributed by atoms with E-state index in [1.165, 1.54) is 6.07 Å². The fourth-order valence-corrected chi connectivity index (χ4v) is 1.54. The van der Waals surface area contributed by atoms with E-state index in [0.29, 0.717) is 16.6 Å². The molecule has 0 unspecified atom stereocenters. The highest BCUT2D eigenvalue weighted by Gasteiger charge is 2.10. The van der Waals surface area contributed by atoms with Crippen LogP contribution in [0.15, 0.2) is 6.07 Å². The Bertz CT molecular complexity index is 287. The van der Waals surface area contributed by atoms with Crippen LogP contribution in [-0.4, -0.2) is 16.9 Å². The van der Waals surface area contributed by atoms with Gasteiger partial charge in [0.15, 0.2) is 0 Å². The van der Waals surface area contributed by atoms with Crippen LogP contribution in [0, 0.1) is 0 Å². The number of nitrogens with zero attached hydrogens (tertiary/aromatic N) is 1. The van der Waals surface area contributed by atoms with Crippen LogP contribution in [0.25, 0.3) is 0 Å². The number of rotatable bonds is 4. The normalized spacial score (nSPS) is 10.0. The number of esters is 1. The molecule has 1 aromatic rings. The van der Waals surface area contributed by atoms with Crippen molar-refractivity contribution in [3.8, 4) is 0 Å². The largest absolute Gasteiger partial charge is 0.461 e. The lowest BCUT2D eigenvalue weighted by atomic mass is 10.4. The first-order valence-electron chi connectivity index (χ1n) is 4.03. The predicted molar refractivity (Wildman–Crippen MR) is 52.3 cm³/mol. The fourth-order valence-electron chi connectivity index (χ4n) is 0.730. The summed E-state index contributed by atoms with van der Waals surface area (Å²) in [6, 6.07) is 1.51. The molecular weight excluding hydrogens is 210 g/mol. The zero-order valence-electron chi connectivity index (χ0n) is 7.25. The molecule has 1 aromatic heterocycles. The van der Waals surface area contributed by atoms with E-state index in [1.807, 2.05) is 6.92 Å². The van der Waals surface area contributed by atoms with Crippen LogP contribution in [0.4, 0.5) is 0 Å². The summed E-state index contributed by atoms with van der Waals surface area (Å²) in [6.07, 6.45) is 1.90. The number of carbonyl (C=O) groups is 1. The summed E-state index contributed by atoms with van der Waals surface area (Å²) < 4.78 is 8.73. The van der Waals surface area contributed by atoms with Gasteiger partial charge in [0.25, 0.3) is 0 Å². The third-order valence-corrected chi connectivity index (χ3v) is 2.48. The molecule has 0 aliphatic carbocycles. The van der Waals surface area contributed by atoms with Crippen LogP contribution >= 0.6 is 23.1 Å². The number of hydrogen-bond acceptors (Lipinski definition) is 4. The highest BCUT2D eigenvalue weighted by atomic mass is 35.5. The Morgan fingerprint density at radius 3 is 3.08 bits per heavy atom. The molecule has 0 spiro atoms. The summed E-state index contributed by atoms with van der Waals surface area (Å²) in [7, 11) is 0. The van der Waals surface area contributed by atoms with Crippen LogP contribution in [0.3, 0.4) is 0 Å². The molecule has 0 fully saturated rings. The number of halogens is 1. The van der Waals surface area contributed by atoms with Gasteiger partial charge in [-0.05, 0) is 18.0 Å². The lowest BCUT2D eigenvalue weighted by Gasteiger charge is -1.99. The van der Waals surface area contributed by atoms with E-state index in [9.17, 15) is 4.79 Å². The molecule has 13 heavy (non-hydrogen) atoms. The molecule has 1 rings (SSSR count). The summed E-state index contributed by atoms with van der Waals surface area (Å²) >= 11 is 6.62. The Kier molecular flexibility index (Phi) is 4.18. The van der Waals surface area contributed by atoms with Gasteiger partial charge in [0.05, 0.1) is 6.61 Å². The maximum Gasteiger partial charge on any atom is 0.350 e. The minimum absolute atomic E-state index is 0.335. The summed E-state index contributed by atoms with van der Waals surface area (Å²) in [5.74, 6) is -0.335. The Morgan fingerprint density at radius 1 is 1.77 bits per heavy atom. The van der Waals surface area contributed by atoms with Crippen molar-refractivity contribution < 1.29 is 9.53 Å². The van der Waals surface area contributed by atoms with E-state index in [2.05, 4.69) is 4.37 Å². The van der Waals surface area contributed by atoms with Crippen molar-refractivity contribution in [1.29, 1.82) is 0 Å².